The average molecular weight is 316 g/mol. The van der Waals surface area contributed by atoms with E-state index in [0.29, 0.717) is 0 Å². The first-order valence-electron chi connectivity index (χ1n) is 6.78. The largest absolute Gasteiger partial charge is 0.384 e. The van der Waals surface area contributed by atoms with Gasteiger partial charge in [0.15, 0.2) is 0 Å². The molecule has 2 aromatic heterocycles. The Labute approximate surface area is 131 Å². The lowest BCUT2D eigenvalue weighted by atomic mass is 9.99. The van der Waals surface area contributed by atoms with Gasteiger partial charge in [0.2, 0.25) is 0 Å². The Hall–Kier alpha value is -2.38. The molecule has 0 saturated heterocycles. The number of urea groups is 1. The Balaban J connectivity index is 1.63. The van der Waals surface area contributed by atoms with Crippen LogP contribution in [0.4, 0.5) is 4.79 Å². The standard InChI is InChI=1S/C15H16N4O2S/c1-15(21,11-6-7-22-8-11)9-16-14(20)18-19-10-17-12-4-2-3-5-13(12)19/h2-8,10,21H,9H2,1H3,(H2,16,18,20). The highest BCUT2D eigenvalue weighted by Crippen LogP contribution is 2.21. The van der Waals surface area contributed by atoms with E-state index in [-0.39, 0.29) is 6.54 Å². The van der Waals surface area contributed by atoms with Crippen LogP contribution in [0.5, 0.6) is 0 Å². The molecule has 0 bridgehead atoms. The molecule has 0 aliphatic heterocycles. The Morgan fingerprint density at radius 3 is 3.00 bits per heavy atom. The predicted octanol–water partition coefficient (Wildman–Crippen LogP) is 2.26. The number of imidazole rings is 1. The fraction of sp³-hybridized carbons (Fsp3) is 0.200. The van der Waals surface area contributed by atoms with Crippen molar-refractivity contribution in [2.45, 2.75) is 12.5 Å². The molecule has 0 radical (unpaired) electrons. The number of carbonyl (C=O) groups excluding carboxylic acids is 1. The van der Waals surface area contributed by atoms with Gasteiger partial charge in [-0.1, -0.05) is 12.1 Å². The molecule has 0 fully saturated rings. The van der Waals surface area contributed by atoms with Crippen molar-refractivity contribution in [1.29, 1.82) is 0 Å². The van der Waals surface area contributed by atoms with Crippen molar-refractivity contribution >= 4 is 28.4 Å². The number of benzene rings is 1. The minimum Gasteiger partial charge on any atom is -0.384 e. The summed E-state index contributed by atoms with van der Waals surface area (Å²) >= 11 is 1.51. The van der Waals surface area contributed by atoms with E-state index in [0.717, 1.165) is 16.6 Å². The number of para-hydroxylation sites is 2. The number of thiophene rings is 1. The molecule has 2 amide bonds. The minimum atomic E-state index is -1.10. The maximum atomic E-state index is 12.0. The van der Waals surface area contributed by atoms with Crippen LogP contribution in [0.25, 0.3) is 11.0 Å². The van der Waals surface area contributed by atoms with Crippen LogP contribution in [-0.2, 0) is 5.60 Å². The normalized spacial score (nSPS) is 13.7. The fourth-order valence-electron chi connectivity index (χ4n) is 2.12. The van der Waals surface area contributed by atoms with Crippen LogP contribution in [-0.4, -0.2) is 27.3 Å². The molecule has 3 N–H and O–H groups in total. The third-order valence-corrected chi connectivity index (χ3v) is 4.10. The van der Waals surface area contributed by atoms with Crippen molar-refractivity contribution in [2.24, 2.45) is 0 Å². The Morgan fingerprint density at radius 2 is 2.23 bits per heavy atom. The molecule has 0 aliphatic carbocycles. The first-order chi connectivity index (χ1) is 10.6. The first kappa shape index (κ1) is 14.6. The van der Waals surface area contributed by atoms with Gasteiger partial charge >= 0.3 is 6.03 Å². The topological polar surface area (TPSA) is 79.2 Å². The van der Waals surface area contributed by atoms with Crippen molar-refractivity contribution in [3.8, 4) is 0 Å². The van der Waals surface area contributed by atoms with Crippen LogP contribution in [0, 0.1) is 0 Å². The molecule has 3 rings (SSSR count). The number of fused-ring (bicyclic) bond motifs is 1. The molecular weight excluding hydrogens is 300 g/mol. The summed E-state index contributed by atoms with van der Waals surface area (Å²) in [6, 6.07) is 8.93. The molecule has 7 heteroatoms. The monoisotopic (exact) mass is 316 g/mol. The summed E-state index contributed by atoms with van der Waals surface area (Å²) in [7, 11) is 0. The van der Waals surface area contributed by atoms with E-state index in [2.05, 4.69) is 15.7 Å². The van der Waals surface area contributed by atoms with Crippen molar-refractivity contribution in [2.75, 3.05) is 12.0 Å². The van der Waals surface area contributed by atoms with Gasteiger partial charge in [-0.2, -0.15) is 11.3 Å². The van der Waals surface area contributed by atoms with Gasteiger partial charge in [0.25, 0.3) is 0 Å². The van der Waals surface area contributed by atoms with E-state index in [4.69, 9.17) is 0 Å². The van der Waals surface area contributed by atoms with Gasteiger partial charge in [-0.3, -0.25) is 0 Å². The number of hydrogen-bond donors (Lipinski definition) is 3. The zero-order valence-corrected chi connectivity index (χ0v) is 12.8. The van der Waals surface area contributed by atoms with Crippen LogP contribution in [0.3, 0.4) is 0 Å². The maximum Gasteiger partial charge on any atom is 0.334 e. The lowest BCUT2D eigenvalue weighted by Gasteiger charge is -2.23. The van der Waals surface area contributed by atoms with E-state index >= 15 is 0 Å². The summed E-state index contributed by atoms with van der Waals surface area (Å²) in [5.74, 6) is 0. The van der Waals surface area contributed by atoms with Gasteiger partial charge in [0.1, 0.15) is 11.9 Å². The Morgan fingerprint density at radius 1 is 1.41 bits per heavy atom. The molecule has 0 saturated carbocycles. The van der Waals surface area contributed by atoms with Gasteiger partial charge < -0.3 is 10.4 Å². The van der Waals surface area contributed by atoms with E-state index in [1.807, 2.05) is 41.1 Å². The summed E-state index contributed by atoms with van der Waals surface area (Å²) in [6.07, 6.45) is 1.54. The van der Waals surface area contributed by atoms with E-state index in [1.165, 1.54) is 11.3 Å². The molecule has 1 aromatic carbocycles. The molecule has 6 nitrogen and oxygen atoms in total. The van der Waals surface area contributed by atoms with Gasteiger partial charge in [-0.15, -0.1) is 0 Å². The molecule has 22 heavy (non-hydrogen) atoms. The molecular formula is C15H16N4O2S. The number of nitrogens with zero attached hydrogens (tertiary/aromatic N) is 2. The van der Waals surface area contributed by atoms with Gasteiger partial charge in [0.05, 0.1) is 17.6 Å². The zero-order valence-electron chi connectivity index (χ0n) is 12.0. The zero-order chi connectivity index (χ0) is 15.6. The van der Waals surface area contributed by atoms with Crippen LogP contribution >= 0.6 is 11.3 Å². The average Bonchev–Trinajstić information content (AvgIpc) is 3.16. The number of hydrogen-bond acceptors (Lipinski definition) is 4. The molecule has 3 aromatic rings. The minimum absolute atomic E-state index is 0.113. The third kappa shape index (κ3) is 2.95. The number of amides is 2. The maximum absolute atomic E-state index is 12.0. The number of carbonyl (C=O) groups is 1. The van der Waals surface area contributed by atoms with Crippen LogP contribution in [0.15, 0.2) is 47.4 Å². The predicted molar refractivity (Wildman–Crippen MR) is 86.4 cm³/mol. The molecule has 1 unspecified atom stereocenters. The second-order valence-corrected chi connectivity index (χ2v) is 5.96. The molecule has 0 spiro atoms. The van der Waals surface area contributed by atoms with Gasteiger partial charge in [0, 0.05) is 0 Å². The highest BCUT2D eigenvalue weighted by molar-refractivity contribution is 7.08. The van der Waals surface area contributed by atoms with Crippen molar-refractivity contribution in [3.05, 3.63) is 53.0 Å². The van der Waals surface area contributed by atoms with Gasteiger partial charge in [-0.25, -0.2) is 19.9 Å². The smallest absolute Gasteiger partial charge is 0.334 e. The molecule has 114 valence electrons. The van der Waals surface area contributed by atoms with Crippen LogP contribution < -0.4 is 10.7 Å². The summed E-state index contributed by atoms with van der Waals surface area (Å²) in [6.45, 7) is 1.78. The third-order valence-electron chi connectivity index (χ3n) is 3.41. The number of nitrogens with one attached hydrogen (secondary N) is 2. The summed E-state index contributed by atoms with van der Waals surface area (Å²) in [5.41, 5.74) is 3.97. The molecule has 0 aliphatic rings. The second-order valence-electron chi connectivity index (χ2n) is 5.18. The van der Waals surface area contributed by atoms with Crippen molar-refractivity contribution in [3.63, 3.8) is 0 Å². The number of aliphatic hydroxyl groups is 1. The summed E-state index contributed by atoms with van der Waals surface area (Å²) in [5, 5.41) is 16.8. The summed E-state index contributed by atoms with van der Waals surface area (Å²) < 4.78 is 1.55. The first-order valence-corrected chi connectivity index (χ1v) is 7.72. The van der Waals surface area contributed by atoms with Crippen molar-refractivity contribution < 1.29 is 9.90 Å². The SMILES string of the molecule is CC(O)(CNC(=O)Nn1cnc2ccccc21)c1ccsc1. The Kier molecular flexibility index (Phi) is 3.82. The van der Waals surface area contributed by atoms with Gasteiger partial charge in [-0.05, 0) is 41.4 Å². The highest BCUT2D eigenvalue weighted by Gasteiger charge is 2.24. The quantitative estimate of drug-likeness (QED) is 0.691. The molecule has 2 heterocycles. The summed E-state index contributed by atoms with van der Waals surface area (Å²) in [4.78, 5) is 16.2. The highest BCUT2D eigenvalue weighted by atomic mass is 32.1. The van der Waals surface area contributed by atoms with Crippen LogP contribution in [0.1, 0.15) is 12.5 Å². The van der Waals surface area contributed by atoms with E-state index in [9.17, 15) is 9.90 Å². The lowest BCUT2D eigenvalue weighted by Crippen LogP contribution is -2.42. The fourth-order valence-corrected chi connectivity index (χ4v) is 2.91. The van der Waals surface area contributed by atoms with Crippen LogP contribution in [0.2, 0.25) is 0 Å². The van der Waals surface area contributed by atoms with E-state index < -0.39 is 11.6 Å². The second kappa shape index (κ2) is 5.78. The lowest BCUT2D eigenvalue weighted by molar-refractivity contribution is 0.0603. The number of aromatic nitrogens is 2. The van der Waals surface area contributed by atoms with Crippen molar-refractivity contribution in [1.82, 2.24) is 15.0 Å². The van der Waals surface area contributed by atoms with E-state index in [1.54, 1.807) is 17.9 Å². The Bertz CT molecular complexity index is 780. The number of rotatable bonds is 4. The molecule has 1 atom stereocenters.